The summed E-state index contributed by atoms with van der Waals surface area (Å²) in [5.74, 6) is 0.129. The van der Waals surface area contributed by atoms with Gasteiger partial charge in [0.2, 0.25) is 5.91 Å². The van der Waals surface area contributed by atoms with E-state index in [2.05, 4.69) is 10.6 Å². The highest BCUT2D eigenvalue weighted by atomic mass is 35.5. The minimum Gasteiger partial charge on any atom is -0.380 e. The summed E-state index contributed by atoms with van der Waals surface area (Å²) in [7, 11) is 0. The van der Waals surface area contributed by atoms with Gasteiger partial charge in [0.05, 0.1) is 6.61 Å². The number of carbonyl (C=O) groups is 1. The molecule has 1 aliphatic rings. The lowest BCUT2D eigenvalue weighted by Gasteiger charge is -2.10. The molecule has 90 valence electrons. The first-order chi connectivity index (χ1) is 6.83. The van der Waals surface area contributed by atoms with E-state index in [0.717, 1.165) is 13.0 Å². The molecule has 0 bridgehead atoms. The third-order valence-corrected chi connectivity index (χ3v) is 2.37. The fraction of sp³-hybridized carbons (Fsp3) is 0.900. The van der Waals surface area contributed by atoms with Gasteiger partial charge in [0, 0.05) is 25.6 Å². The SMILES string of the molecule is CCOCCNC(=O)CC1CCCN1.Cl. The molecular weight excluding hydrogens is 216 g/mol. The van der Waals surface area contributed by atoms with Gasteiger partial charge in [-0.15, -0.1) is 12.4 Å². The summed E-state index contributed by atoms with van der Waals surface area (Å²) in [5.41, 5.74) is 0. The molecule has 1 heterocycles. The molecule has 1 aliphatic heterocycles. The summed E-state index contributed by atoms with van der Waals surface area (Å²) < 4.78 is 5.12. The Bertz CT molecular complexity index is 173. The van der Waals surface area contributed by atoms with E-state index in [1.54, 1.807) is 0 Å². The van der Waals surface area contributed by atoms with Crippen LogP contribution >= 0.6 is 12.4 Å². The minimum absolute atomic E-state index is 0. The molecule has 15 heavy (non-hydrogen) atoms. The summed E-state index contributed by atoms with van der Waals surface area (Å²) in [6.45, 7) is 4.95. The smallest absolute Gasteiger partial charge is 0.221 e. The standard InChI is InChI=1S/C10H20N2O2.ClH/c1-2-14-7-6-12-10(13)8-9-4-3-5-11-9;/h9,11H,2-8H2,1H3,(H,12,13);1H. The molecule has 0 aromatic rings. The fourth-order valence-corrected chi connectivity index (χ4v) is 1.63. The number of halogens is 1. The van der Waals surface area contributed by atoms with E-state index < -0.39 is 0 Å². The van der Waals surface area contributed by atoms with Crippen molar-refractivity contribution >= 4 is 18.3 Å². The average Bonchev–Trinajstić information content (AvgIpc) is 2.65. The first-order valence-electron chi connectivity index (χ1n) is 5.40. The number of ether oxygens (including phenoxy) is 1. The van der Waals surface area contributed by atoms with Crippen molar-refractivity contribution in [3.63, 3.8) is 0 Å². The number of hydrogen-bond acceptors (Lipinski definition) is 3. The highest BCUT2D eigenvalue weighted by Gasteiger charge is 2.16. The Kier molecular flexibility index (Phi) is 8.76. The van der Waals surface area contributed by atoms with Gasteiger partial charge in [-0.2, -0.15) is 0 Å². The lowest BCUT2D eigenvalue weighted by atomic mass is 10.1. The van der Waals surface area contributed by atoms with E-state index in [4.69, 9.17) is 4.74 Å². The van der Waals surface area contributed by atoms with Gasteiger partial charge >= 0.3 is 0 Å². The van der Waals surface area contributed by atoms with E-state index in [0.29, 0.717) is 32.2 Å². The second-order valence-corrected chi connectivity index (χ2v) is 3.54. The lowest BCUT2D eigenvalue weighted by Crippen LogP contribution is -2.33. The van der Waals surface area contributed by atoms with Gasteiger partial charge in [0.1, 0.15) is 0 Å². The Morgan fingerprint density at radius 1 is 1.60 bits per heavy atom. The van der Waals surface area contributed by atoms with Crippen molar-refractivity contribution in [1.29, 1.82) is 0 Å². The molecule has 1 saturated heterocycles. The molecule has 5 heteroatoms. The second-order valence-electron chi connectivity index (χ2n) is 3.54. The zero-order chi connectivity index (χ0) is 10.2. The van der Waals surface area contributed by atoms with Crippen LogP contribution in [-0.4, -0.2) is 38.3 Å². The molecule has 1 fully saturated rings. The molecule has 0 aromatic carbocycles. The maximum absolute atomic E-state index is 11.4. The van der Waals surface area contributed by atoms with Crippen LogP contribution in [0.3, 0.4) is 0 Å². The molecule has 0 aromatic heterocycles. The van der Waals surface area contributed by atoms with Crippen LogP contribution in [0.1, 0.15) is 26.2 Å². The molecule has 1 atom stereocenters. The Balaban J connectivity index is 0.00000196. The molecule has 2 N–H and O–H groups in total. The third kappa shape index (κ3) is 6.71. The van der Waals surface area contributed by atoms with Crippen LogP contribution in [-0.2, 0) is 9.53 Å². The van der Waals surface area contributed by atoms with E-state index in [1.807, 2.05) is 6.92 Å². The Morgan fingerprint density at radius 2 is 2.40 bits per heavy atom. The van der Waals surface area contributed by atoms with Gasteiger partial charge in [0.15, 0.2) is 0 Å². The highest BCUT2D eigenvalue weighted by molar-refractivity contribution is 5.85. The molecule has 1 amide bonds. The maximum Gasteiger partial charge on any atom is 0.221 e. The van der Waals surface area contributed by atoms with Crippen molar-refractivity contribution in [2.24, 2.45) is 0 Å². The zero-order valence-electron chi connectivity index (χ0n) is 9.25. The normalized spacial score (nSPS) is 19.7. The van der Waals surface area contributed by atoms with E-state index in [-0.39, 0.29) is 18.3 Å². The number of nitrogens with one attached hydrogen (secondary N) is 2. The summed E-state index contributed by atoms with van der Waals surface area (Å²) in [6, 6.07) is 0.391. The Morgan fingerprint density at radius 3 is 3.00 bits per heavy atom. The van der Waals surface area contributed by atoms with Crippen molar-refractivity contribution in [2.45, 2.75) is 32.2 Å². The topological polar surface area (TPSA) is 50.4 Å². The molecule has 1 rings (SSSR count). The van der Waals surface area contributed by atoms with Gasteiger partial charge in [0.25, 0.3) is 0 Å². The molecule has 4 nitrogen and oxygen atoms in total. The van der Waals surface area contributed by atoms with Crippen LogP contribution in [0.25, 0.3) is 0 Å². The molecular formula is C10H21ClN2O2. The highest BCUT2D eigenvalue weighted by Crippen LogP contribution is 2.07. The minimum atomic E-state index is 0. The van der Waals surface area contributed by atoms with Gasteiger partial charge in [-0.05, 0) is 26.3 Å². The van der Waals surface area contributed by atoms with Crippen LogP contribution in [0.2, 0.25) is 0 Å². The zero-order valence-corrected chi connectivity index (χ0v) is 10.1. The predicted molar refractivity (Wildman–Crippen MR) is 62.4 cm³/mol. The maximum atomic E-state index is 11.4. The lowest BCUT2D eigenvalue weighted by molar-refractivity contribution is -0.121. The fourth-order valence-electron chi connectivity index (χ4n) is 1.63. The van der Waals surface area contributed by atoms with Crippen LogP contribution in [0.15, 0.2) is 0 Å². The quantitative estimate of drug-likeness (QED) is 0.668. The molecule has 0 aliphatic carbocycles. The third-order valence-electron chi connectivity index (χ3n) is 2.37. The Hall–Kier alpha value is -0.320. The second kappa shape index (κ2) is 8.95. The van der Waals surface area contributed by atoms with E-state index >= 15 is 0 Å². The summed E-state index contributed by atoms with van der Waals surface area (Å²) in [4.78, 5) is 11.4. The van der Waals surface area contributed by atoms with Crippen LogP contribution in [0, 0.1) is 0 Å². The number of carbonyl (C=O) groups excluding carboxylic acids is 1. The largest absolute Gasteiger partial charge is 0.380 e. The van der Waals surface area contributed by atoms with Gasteiger partial charge in [-0.25, -0.2) is 0 Å². The van der Waals surface area contributed by atoms with Crippen LogP contribution < -0.4 is 10.6 Å². The Labute approximate surface area is 97.5 Å². The summed E-state index contributed by atoms with van der Waals surface area (Å²) in [6.07, 6.45) is 2.92. The van der Waals surface area contributed by atoms with E-state index in [1.165, 1.54) is 6.42 Å². The molecule has 0 saturated carbocycles. The van der Waals surface area contributed by atoms with Crippen LogP contribution in [0.5, 0.6) is 0 Å². The first kappa shape index (κ1) is 14.7. The monoisotopic (exact) mass is 236 g/mol. The van der Waals surface area contributed by atoms with Crippen LogP contribution in [0.4, 0.5) is 0 Å². The van der Waals surface area contributed by atoms with Crippen molar-refractivity contribution in [1.82, 2.24) is 10.6 Å². The van der Waals surface area contributed by atoms with Crippen molar-refractivity contribution in [2.75, 3.05) is 26.3 Å². The molecule has 0 spiro atoms. The summed E-state index contributed by atoms with van der Waals surface area (Å²) >= 11 is 0. The molecule has 0 radical (unpaired) electrons. The van der Waals surface area contributed by atoms with Gasteiger partial charge < -0.3 is 15.4 Å². The average molecular weight is 237 g/mol. The number of hydrogen-bond donors (Lipinski definition) is 2. The van der Waals surface area contributed by atoms with Gasteiger partial charge in [-0.1, -0.05) is 0 Å². The first-order valence-corrected chi connectivity index (χ1v) is 5.40. The summed E-state index contributed by atoms with van der Waals surface area (Å²) in [5, 5.41) is 6.14. The number of rotatable bonds is 6. The van der Waals surface area contributed by atoms with Crippen molar-refractivity contribution in [3.8, 4) is 0 Å². The number of amides is 1. The van der Waals surface area contributed by atoms with Crippen molar-refractivity contribution in [3.05, 3.63) is 0 Å². The predicted octanol–water partition coefficient (Wildman–Crippen LogP) is 0.703. The molecule has 1 unspecified atom stereocenters. The van der Waals surface area contributed by atoms with E-state index in [9.17, 15) is 4.79 Å². The van der Waals surface area contributed by atoms with Crippen molar-refractivity contribution < 1.29 is 9.53 Å². The van der Waals surface area contributed by atoms with Gasteiger partial charge in [-0.3, -0.25) is 4.79 Å².